The second-order valence-corrected chi connectivity index (χ2v) is 4.58. The number of benzene rings is 1. The fraction of sp³-hybridized carbons (Fsp3) is 0.357. The molecule has 0 saturated heterocycles. The molecule has 1 aromatic carbocycles. The van der Waals surface area contributed by atoms with Gasteiger partial charge in [-0.15, -0.1) is 0 Å². The van der Waals surface area contributed by atoms with E-state index in [4.69, 9.17) is 0 Å². The molecule has 108 valence electrons. The third-order valence-electron chi connectivity index (χ3n) is 3.05. The van der Waals surface area contributed by atoms with Crippen LogP contribution in [-0.4, -0.2) is 16.1 Å². The van der Waals surface area contributed by atoms with Crippen molar-refractivity contribution in [1.29, 1.82) is 0 Å². The lowest BCUT2D eigenvalue weighted by molar-refractivity contribution is 0.441. The summed E-state index contributed by atoms with van der Waals surface area (Å²) in [6.07, 6.45) is 4.20. The number of halogens is 3. The highest BCUT2D eigenvalue weighted by Gasteiger charge is 2.21. The fourth-order valence-corrected chi connectivity index (χ4v) is 2.04. The summed E-state index contributed by atoms with van der Waals surface area (Å²) in [5, 5.41) is 3.16. The third kappa shape index (κ3) is 2.85. The van der Waals surface area contributed by atoms with Gasteiger partial charge in [0, 0.05) is 19.4 Å². The molecule has 0 spiro atoms. The van der Waals surface area contributed by atoms with Crippen molar-refractivity contribution in [3.63, 3.8) is 0 Å². The Kier molecular flexibility index (Phi) is 4.44. The van der Waals surface area contributed by atoms with Crippen LogP contribution < -0.4 is 5.32 Å². The van der Waals surface area contributed by atoms with Crippen LogP contribution in [0.4, 0.5) is 13.2 Å². The Balaban J connectivity index is 2.44. The van der Waals surface area contributed by atoms with E-state index in [0.29, 0.717) is 17.9 Å². The van der Waals surface area contributed by atoms with Gasteiger partial charge in [0.25, 0.3) is 0 Å². The maximum atomic E-state index is 13.4. The van der Waals surface area contributed by atoms with Crippen LogP contribution >= 0.6 is 0 Å². The smallest absolute Gasteiger partial charge is 0.194 e. The van der Waals surface area contributed by atoms with Crippen molar-refractivity contribution in [1.82, 2.24) is 14.9 Å². The second kappa shape index (κ2) is 6.09. The van der Waals surface area contributed by atoms with Crippen LogP contribution in [0.15, 0.2) is 24.5 Å². The minimum atomic E-state index is -1.46. The Bertz CT molecular complexity index is 572. The number of hydrogen-bond donors (Lipinski definition) is 1. The summed E-state index contributed by atoms with van der Waals surface area (Å²) in [5.74, 6) is -3.23. The molecule has 0 aliphatic carbocycles. The molecule has 0 aliphatic rings. The number of imidazole rings is 1. The highest BCUT2D eigenvalue weighted by atomic mass is 19.2. The second-order valence-electron chi connectivity index (χ2n) is 4.58. The molecule has 0 fully saturated rings. The zero-order valence-electron chi connectivity index (χ0n) is 11.3. The quantitative estimate of drug-likeness (QED) is 0.855. The Hall–Kier alpha value is -1.82. The van der Waals surface area contributed by atoms with Gasteiger partial charge in [0.05, 0.1) is 6.04 Å². The monoisotopic (exact) mass is 283 g/mol. The van der Waals surface area contributed by atoms with Gasteiger partial charge in [-0.2, -0.15) is 0 Å². The Morgan fingerprint density at radius 3 is 2.40 bits per heavy atom. The van der Waals surface area contributed by atoms with Crippen molar-refractivity contribution in [2.75, 3.05) is 6.54 Å². The van der Waals surface area contributed by atoms with Crippen molar-refractivity contribution in [2.24, 2.45) is 7.05 Å². The summed E-state index contributed by atoms with van der Waals surface area (Å²) < 4.78 is 41.6. The van der Waals surface area contributed by atoms with Gasteiger partial charge in [0.2, 0.25) is 0 Å². The van der Waals surface area contributed by atoms with E-state index in [2.05, 4.69) is 10.3 Å². The van der Waals surface area contributed by atoms with E-state index < -0.39 is 23.5 Å². The highest BCUT2D eigenvalue weighted by Crippen LogP contribution is 2.24. The first kappa shape index (κ1) is 14.6. The minimum absolute atomic E-state index is 0.309. The summed E-state index contributed by atoms with van der Waals surface area (Å²) >= 11 is 0. The van der Waals surface area contributed by atoms with Gasteiger partial charge in [-0.25, -0.2) is 18.2 Å². The molecule has 2 aromatic rings. The normalized spacial score (nSPS) is 12.7. The number of rotatable bonds is 5. The first-order valence-electron chi connectivity index (χ1n) is 6.39. The molecular weight excluding hydrogens is 267 g/mol. The van der Waals surface area contributed by atoms with Crippen molar-refractivity contribution < 1.29 is 13.2 Å². The zero-order valence-corrected chi connectivity index (χ0v) is 11.3. The fourth-order valence-electron chi connectivity index (χ4n) is 2.04. The van der Waals surface area contributed by atoms with E-state index in [1.54, 1.807) is 24.0 Å². The lowest BCUT2D eigenvalue weighted by atomic mass is 10.1. The minimum Gasteiger partial charge on any atom is -0.336 e. The lowest BCUT2D eigenvalue weighted by Crippen LogP contribution is -2.26. The van der Waals surface area contributed by atoms with Gasteiger partial charge in [-0.05, 0) is 30.7 Å². The summed E-state index contributed by atoms with van der Waals surface area (Å²) in [6.45, 7) is 2.63. The molecule has 2 rings (SSSR count). The van der Waals surface area contributed by atoms with E-state index in [0.717, 1.165) is 18.6 Å². The molecule has 1 heterocycles. The molecule has 20 heavy (non-hydrogen) atoms. The number of hydrogen-bond acceptors (Lipinski definition) is 2. The third-order valence-corrected chi connectivity index (χ3v) is 3.05. The molecule has 0 amide bonds. The zero-order chi connectivity index (χ0) is 14.7. The van der Waals surface area contributed by atoms with E-state index in [1.807, 2.05) is 6.92 Å². The first-order valence-corrected chi connectivity index (χ1v) is 6.39. The molecular formula is C14H16F3N3. The predicted molar refractivity (Wildman–Crippen MR) is 69.7 cm³/mol. The number of aryl methyl sites for hydroxylation is 1. The van der Waals surface area contributed by atoms with Crippen LogP contribution in [0.5, 0.6) is 0 Å². The SMILES string of the molecule is CCCNC(c1cc(F)c(F)c(F)c1)c1nccn1C. The average molecular weight is 283 g/mol. The molecule has 0 bridgehead atoms. The first-order chi connectivity index (χ1) is 9.54. The highest BCUT2D eigenvalue weighted by molar-refractivity contribution is 5.27. The van der Waals surface area contributed by atoms with Crippen LogP contribution in [0.3, 0.4) is 0 Å². The number of nitrogens with zero attached hydrogens (tertiary/aromatic N) is 2. The molecule has 1 N–H and O–H groups in total. The molecule has 0 radical (unpaired) electrons. The Morgan fingerprint density at radius 1 is 1.25 bits per heavy atom. The molecule has 1 atom stereocenters. The topological polar surface area (TPSA) is 29.9 Å². The Labute approximate surface area is 115 Å². The van der Waals surface area contributed by atoms with Gasteiger partial charge >= 0.3 is 0 Å². The van der Waals surface area contributed by atoms with Gasteiger partial charge in [-0.3, -0.25) is 0 Å². The van der Waals surface area contributed by atoms with Crippen molar-refractivity contribution in [2.45, 2.75) is 19.4 Å². The largest absolute Gasteiger partial charge is 0.336 e. The molecule has 1 unspecified atom stereocenters. The summed E-state index contributed by atoms with van der Waals surface area (Å²) in [4.78, 5) is 4.19. The van der Waals surface area contributed by atoms with Crippen LogP contribution in [-0.2, 0) is 7.05 Å². The standard InChI is InChI=1S/C14H16F3N3/c1-3-4-18-13(14-19-5-6-20(14)2)9-7-10(15)12(17)11(16)8-9/h5-8,13,18H,3-4H2,1-2H3. The Morgan fingerprint density at radius 2 is 1.90 bits per heavy atom. The lowest BCUT2D eigenvalue weighted by Gasteiger charge is -2.19. The van der Waals surface area contributed by atoms with E-state index in [9.17, 15) is 13.2 Å². The van der Waals surface area contributed by atoms with Crippen LogP contribution in [0.2, 0.25) is 0 Å². The maximum absolute atomic E-state index is 13.4. The van der Waals surface area contributed by atoms with E-state index in [-0.39, 0.29) is 0 Å². The predicted octanol–water partition coefficient (Wildman–Crippen LogP) is 2.93. The van der Waals surface area contributed by atoms with Crippen LogP contribution in [0.1, 0.15) is 30.8 Å². The molecule has 1 aromatic heterocycles. The molecule has 3 nitrogen and oxygen atoms in total. The van der Waals surface area contributed by atoms with Crippen LogP contribution in [0.25, 0.3) is 0 Å². The van der Waals surface area contributed by atoms with Gasteiger partial charge in [0.15, 0.2) is 17.5 Å². The number of aromatic nitrogens is 2. The molecule has 0 aliphatic heterocycles. The van der Waals surface area contributed by atoms with Crippen LogP contribution in [0, 0.1) is 17.5 Å². The van der Waals surface area contributed by atoms with Crippen molar-refractivity contribution in [3.05, 3.63) is 53.4 Å². The number of nitrogens with one attached hydrogen (secondary N) is 1. The molecule has 6 heteroatoms. The van der Waals surface area contributed by atoms with Crippen molar-refractivity contribution >= 4 is 0 Å². The summed E-state index contributed by atoms with van der Waals surface area (Å²) in [5.41, 5.74) is 0.309. The van der Waals surface area contributed by atoms with Gasteiger partial charge in [-0.1, -0.05) is 6.92 Å². The average Bonchev–Trinajstić information content (AvgIpc) is 2.83. The van der Waals surface area contributed by atoms with E-state index >= 15 is 0 Å². The van der Waals surface area contributed by atoms with Gasteiger partial charge in [0.1, 0.15) is 5.82 Å². The maximum Gasteiger partial charge on any atom is 0.194 e. The van der Waals surface area contributed by atoms with Gasteiger partial charge < -0.3 is 9.88 Å². The van der Waals surface area contributed by atoms with E-state index in [1.165, 1.54) is 0 Å². The summed E-state index contributed by atoms with van der Waals surface area (Å²) in [7, 11) is 1.79. The summed E-state index contributed by atoms with van der Waals surface area (Å²) in [6, 6.07) is 1.51. The van der Waals surface area contributed by atoms with Crippen molar-refractivity contribution in [3.8, 4) is 0 Å². The molecule has 0 saturated carbocycles.